The van der Waals surface area contributed by atoms with E-state index in [-0.39, 0.29) is 5.56 Å². The minimum Gasteiger partial charge on any atom is -0.492 e. The molecule has 0 atom stereocenters. The van der Waals surface area contributed by atoms with Crippen LogP contribution in [0.5, 0.6) is 5.75 Å². The number of ether oxygens (including phenoxy) is 1. The Hall–Kier alpha value is -0.680. The molecule has 0 fully saturated rings. The Bertz CT molecular complexity index is 407. The normalized spacial score (nSPS) is 10.3. The molecular weight excluding hydrogens is 304 g/mol. The van der Waals surface area contributed by atoms with Crippen molar-refractivity contribution in [3.8, 4) is 5.75 Å². The van der Waals surface area contributed by atoms with Crippen LogP contribution in [-0.2, 0) is 0 Å². The average Bonchev–Trinajstić information content (AvgIpc) is 2.25. The molecule has 0 aliphatic carbocycles. The van der Waals surface area contributed by atoms with Crippen LogP contribution in [0.25, 0.3) is 0 Å². The van der Waals surface area contributed by atoms with Crippen LogP contribution in [0.1, 0.15) is 22.3 Å². The van der Waals surface area contributed by atoms with Gasteiger partial charge in [0.05, 0.1) is 6.61 Å². The van der Waals surface area contributed by atoms with Gasteiger partial charge in [-0.25, -0.2) is 4.79 Å². The van der Waals surface area contributed by atoms with Crippen molar-refractivity contribution in [2.75, 3.05) is 18.6 Å². The highest BCUT2D eigenvalue weighted by atomic mass is 79.9. The first kappa shape index (κ1) is 14.4. The van der Waals surface area contributed by atoms with Crippen molar-refractivity contribution in [2.45, 2.75) is 13.3 Å². The maximum absolute atomic E-state index is 11.1. The highest BCUT2D eigenvalue weighted by molar-refractivity contribution is 9.10. The predicted molar refractivity (Wildman–Crippen MR) is 74.3 cm³/mol. The van der Waals surface area contributed by atoms with E-state index in [1.165, 1.54) is 0 Å². The van der Waals surface area contributed by atoms with Gasteiger partial charge in [-0.2, -0.15) is 11.8 Å². The van der Waals surface area contributed by atoms with Crippen molar-refractivity contribution >= 4 is 33.7 Å². The zero-order valence-electron chi connectivity index (χ0n) is 9.83. The fraction of sp³-hybridized carbons (Fsp3) is 0.417. The molecule has 17 heavy (non-hydrogen) atoms. The van der Waals surface area contributed by atoms with Crippen molar-refractivity contribution in [3.63, 3.8) is 0 Å². The number of hydrogen-bond acceptors (Lipinski definition) is 3. The molecule has 0 heterocycles. The number of aromatic carboxylic acids is 1. The molecule has 0 aliphatic heterocycles. The standard InChI is InChI=1S/C12H15BrO3S/c1-8-6-9(13)7-10(12(14)15)11(8)16-4-3-5-17-2/h6-7H,3-5H2,1-2H3,(H,14,15). The number of carbonyl (C=O) groups is 1. The van der Waals surface area contributed by atoms with E-state index in [1.807, 2.05) is 19.2 Å². The van der Waals surface area contributed by atoms with Crippen LogP contribution in [0.2, 0.25) is 0 Å². The summed E-state index contributed by atoms with van der Waals surface area (Å²) in [6.07, 6.45) is 2.95. The molecule has 0 saturated heterocycles. The molecule has 0 saturated carbocycles. The summed E-state index contributed by atoms with van der Waals surface area (Å²) in [7, 11) is 0. The lowest BCUT2D eigenvalue weighted by atomic mass is 10.1. The van der Waals surface area contributed by atoms with Crippen molar-refractivity contribution < 1.29 is 14.6 Å². The lowest BCUT2D eigenvalue weighted by Crippen LogP contribution is -2.07. The smallest absolute Gasteiger partial charge is 0.339 e. The molecule has 0 spiro atoms. The van der Waals surface area contributed by atoms with Crippen LogP contribution in [-0.4, -0.2) is 29.7 Å². The first-order valence-corrected chi connectivity index (χ1v) is 7.40. The highest BCUT2D eigenvalue weighted by Crippen LogP contribution is 2.28. The predicted octanol–water partition coefficient (Wildman–Crippen LogP) is 3.59. The molecule has 0 aromatic heterocycles. The number of halogens is 1. The summed E-state index contributed by atoms with van der Waals surface area (Å²) in [5, 5.41) is 9.11. The summed E-state index contributed by atoms with van der Waals surface area (Å²) < 4.78 is 6.32. The number of thioether (sulfide) groups is 1. The average molecular weight is 319 g/mol. The fourth-order valence-corrected chi connectivity index (χ4v) is 2.44. The summed E-state index contributed by atoms with van der Waals surface area (Å²) >= 11 is 5.04. The third kappa shape index (κ3) is 4.24. The Balaban J connectivity index is 2.85. The first-order chi connectivity index (χ1) is 8.06. The summed E-state index contributed by atoms with van der Waals surface area (Å²) in [6.45, 7) is 2.39. The number of rotatable bonds is 6. The number of benzene rings is 1. The molecule has 94 valence electrons. The Morgan fingerprint density at radius 3 is 2.82 bits per heavy atom. The monoisotopic (exact) mass is 318 g/mol. The fourth-order valence-electron chi connectivity index (χ4n) is 1.46. The van der Waals surface area contributed by atoms with Gasteiger partial charge in [0.15, 0.2) is 0 Å². The van der Waals surface area contributed by atoms with Gasteiger partial charge in [0.2, 0.25) is 0 Å². The number of hydrogen-bond donors (Lipinski definition) is 1. The van der Waals surface area contributed by atoms with Gasteiger partial charge in [-0.15, -0.1) is 0 Å². The van der Waals surface area contributed by atoms with Gasteiger partial charge in [-0.3, -0.25) is 0 Å². The van der Waals surface area contributed by atoms with Gasteiger partial charge in [0, 0.05) is 4.47 Å². The van der Waals surface area contributed by atoms with Crippen LogP contribution in [0.4, 0.5) is 0 Å². The second-order valence-electron chi connectivity index (χ2n) is 3.60. The molecule has 1 aromatic carbocycles. The molecule has 5 heteroatoms. The summed E-state index contributed by atoms with van der Waals surface area (Å²) in [4.78, 5) is 11.1. The molecule has 1 rings (SSSR count). The molecule has 0 bridgehead atoms. The van der Waals surface area contributed by atoms with E-state index in [0.717, 1.165) is 22.2 Å². The van der Waals surface area contributed by atoms with E-state index in [1.54, 1.807) is 17.8 Å². The minimum absolute atomic E-state index is 0.209. The second kappa shape index (κ2) is 6.91. The quantitative estimate of drug-likeness (QED) is 0.814. The van der Waals surface area contributed by atoms with Crippen LogP contribution >= 0.6 is 27.7 Å². The Labute approximate surface area is 114 Å². The molecule has 0 unspecified atom stereocenters. The lowest BCUT2D eigenvalue weighted by Gasteiger charge is -2.12. The van der Waals surface area contributed by atoms with Crippen molar-refractivity contribution in [1.82, 2.24) is 0 Å². The Kier molecular flexibility index (Phi) is 5.85. The van der Waals surface area contributed by atoms with Crippen LogP contribution in [0.15, 0.2) is 16.6 Å². The lowest BCUT2D eigenvalue weighted by molar-refractivity contribution is 0.0692. The zero-order chi connectivity index (χ0) is 12.8. The summed E-state index contributed by atoms with van der Waals surface area (Å²) in [5.41, 5.74) is 1.04. The SMILES string of the molecule is CSCCCOc1c(C)cc(Br)cc1C(=O)O. The molecule has 3 nitrogen and oxygen atoms in total. The van der Waals surface area contributed by atoms with Gasteiger partial charge < -0.3 is 9.84 Å². The third-order valence-corrected chi connectivity index (χ3v) is 3.36. The maximum Gasteiger partial charge on any atom is 0.339 e. The number of aryl methyl sites for hydroxylation is 1. The van der Waals surface area contributed by atoms with E-state index in [0.29, 0.717) is 12.4 Å². The molecule has 1 aromatic rings. The van der Waals surface area contributed by atoms with Gasteiger partial charge in [-0.1, -0.05) is 15.9 Å². The number of carboxylic acid groups (broad SMARTS) is 1. The van der Waals surface area contributed by atoms with Crippen molar-refractivity contribution in [3.05, 3.63) is 27.7 Å². The van der Waals surface area contributed by atoms with E-state index in [9.17, 15) is 4.79 Å². The third-order valence-electron chi connectivity index (χ3n) is 2.21. The van der Waals surface area contributed by atoms with E-state index < -0.39 is 5.97 Å². The van der Waals surface area contributed by atoms with E-state index in [4.69, 9.17) is 9.84 Å². The Morgan fingerprint density at radius 1 is 1.53 bits per heavy atom. The van der Waals surface area contributed by atoms with Gasteiger partial charge in [0.1, 0.15) is 11.3 Å². The molecule has 1 N–H and O–H groups in total. The summed E-state index contributed by atoms with van der Waals surface area (Å²) in [5.74, 6) is 0.522. The van der Waals surface area contributed by atoms with Crippen molar-refractivity contribution in [2.24, 2.45) is 0 Å². The van der Waals surface area contributed by atoms with E-state index in [2.05, 4.69) is 15.9 Å². The summed E-state index contributed by atoms with van der Waals surface area (Å²) in [6, 6.07) is 3.43. The van der Waals surface area contributed by atoms with Crippen LogP contribution in [0, 0.1) is 6.92 Å². The van der Waals surface area contributed by atoms with Gasteiger partial charge in [-0.05, 0) is 43.0 Å². The topological polar surface area (TPSA) is 46.5 Å². The second-order valence-corrected chi connectivity index (χ2v) is 5.50. The highest BCUT2D eigenvalue weighted by Gasteiger charge is 2.14. The van der Waals surface area contributed by atoms with Gasteiger partial charge in [0.25, 0.3) is 0 Å². The number of carboxylic acids is 1. The molecule has 0 aliphatic rings. The van der Waals surface area contributed by atoms with Crippen LogP contribution in [0.3, 0.4) is 0 Å². The maximum atomic E-state index is 11.1. The largest absolute Gasteiger partial charge is 0.492 e. The zero-order valence-corrected chi connectivity index (χ0v) is 12.2. The Morgan fingerprint density at radius 2 is 2.24 bits per heavy atom. The van der Waals surface area contributed by atoms with Gasteiger partial charge >= 0.3 is 5.97 Å². The van der Waals surface area contributed by atoms with Crippen molar-refractivity contribution in [1.29, 1.82) is 0 Å². The van der Waals surface area contributed by atoms with Crippen LogP contribution < -0.4 is 4.74 Å². The molecule has 0 radical (unpaired) electrons. The first-order valence-electron chi connectivity index (χ1n) is 5.21. The van der Waals surface area contributed by atoms with E-state index >= 15 is 0 Å². The molecular formula is C12H15BrO3S. The minimum atomic E-state index is -0.964. The molecule has 0 amide bonds.